The zero-order chi connectivity index (χ0) is 14.4. The van der Waals surface area contributed by atoms with Crippen molar-refractivity contribution in [1.82, 2.24) is 9.88 Å². The summed E-state index contributed by atoms with van der Waals surface area (Å²) in [6, 6.07) is 5.43. The molecule has 0 radical (unpaired) electrons. The SMILES string of the molecule is CC1CCN(C[C@@H](O)CNc2cc(C#N)ccn2)CC1. The van der Waals surface area contributed by atoms with Crippen LogP contribution in [-0.4, -0.2) is 47.3 Å². The number of β-amino-alcohol motifs (C(OH)–C–C–N with tert-alkyl or cyclic N) is 1. The van der Waals surface area contributed by atoms with E-state index in [1.807, 2.05) is 0 Å². The molecule has 0 spiro atoms. The number of rotatable bonds is 5. The molecule has 1 aromatic heterocycles. The van der Waals surface area contributed by atoms with Crippen LogP contribution in [0.5, 0.6) is 0 Å². The summed E-state index contributed by atoms with van der Waals surface area (Å²) >= 11 is 0. The van der Waals surface area contributed by atoms with Crippen LogP contribution in [0.15, 0.2) is 18.3 Å². The summed E-state index contributed by atoms with van der Waals surface area (Å²) in [4.78, 5) is 6.44. The van der Waals surface area contributed by atoms with Crippen LogP contribution in [0.1, 0.15) is 25.3 Å². The maximum atomic E-state index is 10.1. The highest BCUT2D eigenvalue weighted by atomic mass is 16.3. The second kappa shape index (κ2) is 7.22. The highest BCUT2D eigenvalue weighted by Gasteiger charge is 2.18. The van der Waals surface area contributed by atoms with E-state index in [1.54, 1.807) is 18.3 Å². The van der Waals surface area contributed by atoms with Gasteiger partial charge in [-0.05, 0) is 44.0 Å². The van der Waals surface area contributed by atoms with Crippen molar-refractivity contribution >= 4 is 5.82 Å². The van der Waals surface area contributed by atoms with Gasteiger partial charge in [-0.3, -0.25) is 0 Å². The lowest BCUT2D eigenvalue weighted by Crippen LogP contribution is -2.40. The van der Waals surface area contributed by atoms with Crippen molar-refractivity contribution in [3.05, 3.63) is 23.9 Å². The summed E-state index contributed by atoms with van der Waals surface area (Å²) in [5.74, 6) is 1.44. The van der Waals surface area contributed by atoms with Gasteiger partial charge in [0, 0.05) is 19.3 Å². The Hall–Kier alpha value is -1.64. The van der Waals surface area contributed by atoms with E-state index in [2.05, 4.69) is 28.2 Å². The minimum absolute atomic E-state index is 0.420. The molecule has 108 valence electrons. The fourth-order valence-corrected chi connectivity index (χ4v) is 2.43. The molecule has 5 heteroatoms. The molecule has 1 fully saturated rings. The van der Waals surface area contributed by atoms with E-state index in [4.69, 9.17) is 5.26 Å². The van der Waals surface area contributed by atoms with E-state index in [1.165, 1.54) is 12.8 Å². The number of piperidine rings is 1. The van der Waals surface area contributed by atoms with Crippen LogP contribution < -0.4 is 5.32 Å². The molecule has 2 heterocycles. The van der Waals surface area contributed by atoms with Gasteiger partial charge in [0.15, 0.2) is 0 Å². The van der Waals surface area contributed by atoms with Gasteiger partial charge in [-0.2, -0.15) is 5.26 Å². The van der Waals surface area contributed by atoms with Crippen LogP contribution >= 0.6 is 0 Å². The van der Waals surface area contributed by atoms with E-state index < -0.39 is 6.10 Å². The van der Waals surface area contributed by atoms with E-state index in [-0.39, 0.29) is 0 Å². The molecule has 0 saturated carbocycles. The molecule has 0 amide bonds. The largest absolute Gasteiger partial charge is 0.390 e. The Bertz CT molecular complexity index is 463. The van der Waals surface area contributed by atoms with Crippen LogP contribution in [-0.2, 0) is 0 Å². The lowest BCUT2D eigenvalue weighted by Gasteiger charge is -2.31. The average Bonchev–Trinajstić information content (AvgIpc) is 2.48. The summed E-state index contributed by atoms with van der Waals surface area (Å²) in [5, 5.41) is 22.0. The standard InChI is InChI=1S/C15H22N4O/c1-12-3-6-19(7-4-12)11-14(20)10-18-15-8-13(9-16)2-5-17-15/h2,5,8,12,14,20H,3-4,6-7,10-11H2,1H3,(H,17,18)/t14-/m0/s1. The van der Waals surface area contributed by atoms with Gasteiger partial charge in [-0.25, -0.2) is 4.98 Å². The molecule has 0 aliphatic carbocycles. The lowest BCUT2D eigenvalue weighted by molar-refractivity contribution is 0.0989. The fraction of sp³-hybridized carbons (Fsp3) is 0.600. The molecular weight excluding hydrogens is 252 g/mol. The molecule has 2 N–H and O–H groups in total. The second-order valence-electron chi connectivity index (χ2n) is 5.56. The van der Waals surface area contributed by atoms with Gasteiger partial charge < -0.3 is 15.3 Å². The normalized spacial score (nSPS) is 18.4. The summed E-state index contributed by atoms with van der Waals surface area (Å²) in [6.45, 7) is 5.57. The van der Waals surface area contributed by atoms with Gasteiger partial charge in [-0.1, -0.05) is 6.92 Å². The molecule has 20 heavy (non-hydrogen) atoms. The first-order chi connectivity index (χ1) is 9.67. The topological polar surface area (TPSA) is 72.2 Å². The van der Waals surface area contributed by atoms with Crippen molar-refractivity contribution in [1.29, 1.82) is 5.26 Å². The van der Waals surface area contributed by atoms with Crippen molar-refractivity contribution in [2.45, 2.75) is 25.9 Å². The number of nitriles is 1. The first kappa shape index (κ1) is 14.8. The number of aromatic nitrogens is 1. The van der Waals surface area contributed by atoms with Crippen molar-refractivity contribution < 1.29 is 5.11 Å². The summed E-state index contributed by atoms with van der Waals surface area (Å²) in [7, 11) is 0. The molecule has 0 aromatic carbocycles. The van der Waals surface area contributed by atoms with Gasteiger partial charge in [0.25, 0.3) is 0 Å². The van der Waals surface area contributed by atoms with Gasteiger partial charge in [0.2, 0.25) is 0 Å². The van der Waals surface area contributed by atoms with Gasteiger partial charge in [0.1, 0.15) is 5.82 Å². The Kier molecular flexibility index (Phi) is 5.33. The number of nitrogens with one attached hydrogen (secondary N) is 1. The first-order valence-corrected chi connectivity index (χ1v) is 7.18. The van der Waals surface area contributed by atoms with E-state index >= 15 is 0 Å². The summed E-state index contributed by atoms with van der Waals surface area (Å²) < 4.78 is 0. The van der Waals surface area contributed by atoms with Gasteiger partial charge in [0.05, 0.1) is 17.7 Å². The molecule has 2 rings (SSSR count). The number of anilines is 1. The Morgan fingerprint density at radius 1 is 1.55 bits per heavy atom. The van der Waals surface area contributed by atoms with E-state index in [9.17, 15) is 5.11 Å². The Morgan fingerprint density at radius 3 is 3.00 bits per heavy atom. The lowest BCUT2D eigenvalue weighted by atomic mass is 9.99. The molecule has 5 nitrogen and oxygen atoms in total. The molecule has 1 atom stereocenters. The number of pyridine rings is 1. The molecule has 0 bridgehead atoms. The minimum atomic E-state index is -0.420. The molecule has 1 aliphatic heterocycles. The smallest absolute Gasteiger partial charge is 0.127 e. The zero-order valence-electron chi connectivity index (χ0n) is 11.9. The third kappa shape index (κ3) is 4.48. The highest BCUT2D eigenvalue weighted by Crippen LogP contribution is 2.16. The third-order valence-corrected chi connectivity index (χ3v) is 3.75. The predicted molar refractivity (Wildman–Crippen MR) is 78.3 cm³/mol. The van der Waals surface area contributed by atoms with Crippen LogP contribution in [0.4, 0.5) is 5.82 Å². The van der Waals surface area contributed by atoms with Crippen LogP contribution in [0.25, 0.3) is 0 Å². The molecule has 1 saturated heterocycles. The van der Waals surface area contributed by atoms with Gasteiger partial charge >= 0.3 is 0 Å². The average molecular weight is 274 g/mol. The summed E-state index contributed by atoms with van der Waals surface area (Å²) in [6.07, 6.45) is 3.60. The Labute approximate surface area is 120 Å². The van der Waals surface area contributed by atoms with Crippen molar-refractivity contribution in [2.24, 2.45) is 5.92 Å². The third-order valence-electron chi connectivity index (χ3n) is 3.75. The number of aliphatic hydroxyl groups excluding tert-OH is 1. The number of hydrogen-bond acceptors (Lipinski definition) is 5. The van der Waals surface area contributed by atoms with Crippen molar-refractivity contribution in [3.63, 3.8) is 0 Å². The first-order valence-electron chi connectivity index (χ1n) is 7.18. The Balaban J connectivity index is 1.74. The Morgan fingerprint density at radius 2 is 2.30 bits per heavy atom. The molecule has 1 aliphatic rings. The predicted octanol–water partition coefficient (Wildman–Crippen LogP) is 1.46. The van der Waals surface area contributed by atoms with E-state index in [0.29, 0.717) is 24.5 Å². The summed E-state index contributed by atoms with van der Waals surface area (Å²) in [5.41, 5.74) is 0.571. The molecule has 0 unspecified atom stereocenters. The fourth-order valence-electron chi connectivity index (χ4n) is 2.43. The minimum Gasteiger partial charge on any atom is -0.390 e. The van der Waals surface area contributed by atoms with Crippen LogP contribution in [0, 0.1) is 17.2 Å². The van der Waals surface area contributed by atoms with Crippen LogP contribution in [0.2, 0.25) is 0 Å². The van der Waals surface area contributed by atoms with E-state index in [0.717, 1.165) is 19.0 Å². The maximum Gasteiger partial charge on any atom is 0.127 e. The van der Waals surface area contributed by atoms with Crippen LogP contribution in [0.3, 0.4) is 0 Å². The monoisotopic (exact) mass is 274 g/mol. The van der Waals surface area contributed by atoms with Crippen molar-refractivity contribution in [3.8, 4) is 6.07 Å². The number of likely N-dealkylation sites (tertiary alicyclic amines) is 1. The quantitative estimate of drug-likeness (QED) is 0.850. The molecule has 1 aromatic rings. The van der Waals surface area contributed by atoms with Gasteiger partial charge in [-0.15, -0.1) is 0 Å². The van der Waals surface area contributed by atoms with Crippen molar-refractivity contribution in [2.75, 3.05) is 31.5 Å². The second-order valence-corrected chi connectivity index (χ2v) is 5.56. The number of aliphatic hydroxyl groups is 1. The maximum absolute atomic E-state index is 10.1. The number of nitrogens with zero attached hydrogens (tertiary/aromatic N) is 3. The highest BCUT2D eigenvalue weighted by molar-refractivity contribution is 5.42. The number of hydrogen-bond donors (Lipinski definition) is 2. The molecular formula is C15H22N4O. The zero-order valence-corrected chi connectivity index (χ0v) is 11.9.